The van der Waals surface area contributed by atoms with Crippen LogP contribution in [0.1, 0.15) is 31.9 Å². The second-order valence-electron chi connectivity index (χ2n) is 2.81. The molecule has 0 radical (unpaired) electrons. The lowest BCUT2D eigenvalue weighted by molar-refractivity contribution is -0.116. The number of rotatable bonds is 2. The number of carbonyl (C=O) groups is 1. The highest BCUT2D eigenvalue weighted by atomic mass is 16.1. The Kier molecular flexibility index (Phi) is 5.86. The van der Waals surface area contributed by atoms with Crippen molar-refractivity contribution in [2.24, 2.45) is 0 Å². The van der Waals surface area contributed by atoms with Gasteiger partial charge in [-0.15, -0.1) is 0 Å². The van der Waals surface area contributed by atoms with E-state index in [2.05, 4.69) is 0 Å². The third-order valence-electron chi connectivity index (χ3n) is 1.70. The molecular weight excluding hydrogens is 160 g/mol. The monoisotopic (exact) mass is 178 g/mol. The summed E-state index contributed by atoms with van der Waals surface area (Å²) in [6, 6.07) is 7.97. The number of carbonyl (C=O) groups excluding carboxylic acids is 1. The van der Waals surface area contributed by atoms with Gasteiger partial charge in [0.05, 0.1) is 0 Å². The molecule has 0 unspecified atom stereocenters. The second kappa shape index (κ2) is 6.41. The minimum Gasteiger partial charge on any atom is -0.300 e. The highest BCUT2D eigenvalue weighted by Gasteiger charge is 1.98. The van der Waals surface area contributed by atoms with Gasteiger partial charge in [0, 0.05) is 6.42 Å². The molecule has 1 aromatic rings. The lowest BCUT2D eigenvalue weighted by atomic mass is 10.0. The molecule has 1 heteroatoms. The summed E-state index contributed by atoms with van der Waals surface area (Å²) in [5, 5.41) is 0. The van der Waals surface area contributed by atoms with Crippen LogP contribution >= 0.6 is 0 Å². The molecule has 0 N–H and O–H groups in total. The first-order valence-corrected chi connectivity index (χ1v) is 4.74. The van der Waals surface area contributed by atoms with Crippen LogP contribution in [0.15, 0.2) is 24.3 Å². The topological polar surface area (TPSA) is 17.1 Å². The van der Waals surface area contributed by atoms with Crippen LogP contribution in [0.2, 0.25) is 0 Å². The van der Waals surface area contributed by atoms with Gasteiger partial charge in [0.2, 0.25) is 0 Å². The average molecular weight is 178 g/mol. The molecule has 1 aromatic carbocycles. The maximum Gasteiger partial charge on any atom is 0.134 e. The predicted octanol–water partition coefficient (Wildman–Crippen LogP) is 3.15. The lowest BCUT2D eigenvalue weighted by Crippen LogP contribution is -1.97. The van der Waals surface area contributed by atoms with E-state index >= 15 is 0 Å². The van der Waals surface area contributed by atoms with Gasteiger partial charge in [0.15, 0.2) is 0 Å². The van der Waals surface area contributed by atoms with Crippen molar-refractivity contribution in [2.45, 2.75) is 34.1 Å². The van der Waals surface area contributed by atoms with Gasteiger partial charge in [0.1, 0.15) is 5.78 Å². The molecule has 0 saturated carbocycles. The molecule has 0 aliphatic rings. The van der Waals surface area contributed by atoms with E-state index in [1.54, 1.807) is 6.92 Å². The summed E-state index contributed by atoms with van der Waals surface area (Å²) >= 11 is 0. The zero-order chi connectivity index (χ0) is 10.3. The van der Waals surface area contributed by atoms with Crippen LogP contribution in [0, 0.1) is 6.92 Å². The van der Waals surface area contributed by atoms with Gasteiger partial charge < -0.3 is 0 Å². The molecule has 0 spiro atoms. The van der Waals surface area contributed by atoms with Gasteiger partial charge in [0.25, 0.3) is 0 Å². The van der Waals surface area contributed by atoms with Crippen LogP contribution in [0.25, 0.3) is 0 Å². The van der Waals surface area contributed by atoms with Crippen molar-refractivity contribution >= 4 is 5.78 Å². The molecule has 72 valence electrons. The van der Waals surface area contributed by atoms with Crippen molar-refractivity contribution in [3.05, 3.63) is 35.4 Å². The summed E-state index contributed by atoms with van der Waals surface area (Å²) in [7, 11) is 0. The van der Waals surface area contributed by atoms with Crippen LogP contribution in [0.5, 0.6) is 0 Å². The van der Waals surface area contributed by atoms with E-state index in [9.17, 15) is 4.79 Å². The Hall–Kier alpha value is -1.11. The number of benzene rings is 1. The molecule has 1 rings (SSSR count). The average Bonchev–Trinajstić information content (AvgIpc) is 2.12. The lowest BCUT2D eigenvalue weighted by Gasteiger charge is -2.00. The molecule has 1 nitrogen and oxygen atoms in total. The van der Waals surface area contributed by atoms with E-state index in [1.165, 1.54) is 5.56 Å². The van der Waals surface area contributed by atoms with Crippen LogP contribution < -0.4 is 0 Å². The minimum absolute atomic E-state index is 0.222. The van der Waals surface area contributed by atoms with Gasteiger partial charge in [-0.3, -0.25) is 4.79 Å². The fourth-order valence-corrected chi connectivity index (χ4v) is 1.08. The fraction of sp³-hybridized carbons (Fsp3) is 0.417. The van der Waals surface area contributed by atoms with Gasteiger partial charge in [-0.25, -0.2) is 0 Å². The zero-order valence-corrected chi connectivity index (χ0v) is 8.92. The van der Waals surface area contributed by atoms with Gasteiger partial charge in [-0.05, 0) is 25.0 Å². The molecule has 0 aromatic heterocycles. The van der Waals surface area contributed by atoms with Crippen molar-refractivity contribution in [1.29, 1.82) is 0 Å². The number of hydrogen-bond acceptors (Lipinski definition) is 1. The van der Waals surface area contributed by atoms with Crippen molar-refractivity contribution in [2.75, 3.05) is 0 Å². The maximum absolute atomic E-state index is 10.8. The highest BCUT2D eigenvalue weighted by Crippen LogP contribution is 2.07. The fourth-order valence-electron chi connectivity index (χ4n) is 1.08. The third kappa shape index (κ3) is 4.46. The summed E-state index contributed by atoms with van der Waals surface area (Å²) in [5.41, 5.74) is 2.34. The summed E-state index contributed by atoms with van der Waals surface area (Å²) in [6.07, 6.45) is 0.562. The summed E-state index contributed by atoms with van der Waals surface area (Å²) < 4.78 is 0. The number of Topliss-reactive ketones (excluding diaryl/α,β-unsaturated/α-hetero) is 1. The van der Waals surface area contributed by atoms with Crippen molar-refractivity contribution in [1.82, 2.24) is 0 Å². The number of aryl methyl sites for hydroxylation is 1. The molecule has 0 fully saturated rings. The largest absolute Gasteiger partial charge is 0.300 e. The standard InChI is InChI=1S/C10H12O.C2H6/c1-8-5-3-4-6-10(8)7-9(2)11;1-2/h3-6H,7H2,1-2H3;1-2H3. The van der Waals surface area contributed by atoms with E-state index < -0.39 is 0 Å². The Balaban J connectivity index is 0.000000671. The number of hydrogen-bond donors (Lipinski definition) is 0. The second-order valence-corrected chi connectivity index (χ2v) is 2.81. The molecule has 0 bridgehead atoms. The van der Waals surface area contributed by atoms with Crippen molar-refractivity contribution in [3.8, 4) is 0 Å². The van der Waals surface area contributed by atoms with Gasteiger partial charge >= 0.3 is 0 Å². The summed E-state index contributed by atoms with van der Waals surface area (Å²) in [4.78, 5) is 10.8. The Labute approximate surface area is 80.8 Å². The first-order valence-electron chi connectivity index (χ1n) is 4.74. The predicted molar refractivity (Wildman–Crippen MR) is 56.9 cm³/mol. The molecule has 13 heavy (non-hydrogen) atoms. The van der Waals surface area contributed by atoms with Gasteiger partial charge in [-0.2, -0.15) is 0 Å². The Morgan fingerprint density at radius 3 is 2.23 bits per heavy atom. The molecule has 0 atom stereocenters. The zero-order valence-electron chi connectivity index (χ0n) is 8.92. The smallest absolute Gasteiger partial charge is 0.134 e. The normalized spacial score (nSPS) is 8.62. The summed E-state index contributed by atoms with van der Waals surface area (Å²) in [5.74, 6) is 0.222. The maximum atomic E-state index is 10.8. The Bertz CT molecular complexity index is 264. The van der Waals surface area contributed by atoms with Crippen LogP contribution in [-0.2, 0) is 11.2 Å². The minimum atomic E-state index is 0.222. The van der Waals surface area contributed by atoms with Crippen LogP contribution in [-0.4, -0.2) is 5.78 Å². The molecular formula is C12H18O. The SMILES string of the molecule is CC.CC(=O)Cc1ccccc1C. The van der Waals surface area contributed by atoms with Crippen LogP contribution in [0.4, 0.5) is 0 Å². The van der Waals surface area contributed by atoms with E-state index in [4.69, 9.17) is 0 Å². The molecule has 0 heterocycles. The quantitative estimate of drug-likeness (QED) is 0.680. The molecule has 0 aliphatic carbocycles. The third-order valence-corrected chi connectivity index (χ3v) is 1.70. The first-order chi connectivity index (χ1) is 6.20. The first kappa shape index (κ1) is 11.9. The molecule has 0 saturated heterocycles. The van der Waals surface area contributed by atoms with Crippen molar-refractivity contribution in [3.63, 3.8) is 0 Å². The van der Waals surface area contributed by atoms with Crippen LogP contribution in [0.3, 0.4) is 0 Å². The Morgan fingerprint density at radius 1 is 1.23 bits per heavy atom. The van der Waals surface area contributed by atoms with E-state index in [0.717, 1.165) is 5.56 Å². The molecule has 0 amide bonds. The van der Waals surface area contributed by atoms with Gasteiger partial charge in [-0.1, -0.05) is 38.1 Å². The van der Waals surface area contributed by atoms with E-state index in [0.29, 0.717) is 6.42 Å². The Morgan fingerprint density at radius 2 is 1.77 bits per heavy atom. The summed E-state index contributed by atoms with van der Waals surface area (Å²) in [6.45, 7) is 7.64. The van der Waals surface area contributed by atoms with E-state index in [1.807, 2.05) is 45.0 Å². The number of ketones is 1. The molecule has 0 aliphatic heterocycles. The highest BCUT2D eigenvalue weighted by molar-refractivity contribution is 5.78. The van der Waals surface area contributed by atoms with Crippen molar-refractivity contribution < 1.29 is 4.79 Å². The van der Waals surface area contributed by atoms with E-state index in [-0.39, 0.29) is 5.78 Å².